The lowest BCUT2D eigenvalue weighted by Gasteiger charge is -2.36. The van der Waals surface area contributed by atoms with Gasteiger partial charge in [-0.1, -0.05) is 30.3 Å². The molecule has 0 bridgehead atoms. The molecule has 0 amide bonds. The molecule has 0 spiro atoms. The lowest BCUT2D eigenvalue weighted by atomic mass is 10.1. The molecule has 3 aromatic rings. The number of nitrogens with one attached hydrogen (secondary N) is 1. The van der Waals surface area contributed by atoms with Crippen LogP contribution in [0.3, 0.4) is 0 Å². The third-order valence-electron chi connectivity index (χ3n) is 5.70. The Kier molecular flexibility index (Phi) is 5.39. The van der Waals surface area contributed by atoms with Crippen LogP contribution in [0.15, 0.2) is 54.9 Å². The van der Waals surface area contributed by atoms with E-state index in [1.807, 2.05) is 12.1 Å². The van der Waals surface area contributed by atoms with E-state index in [4.69, 9.17) is 0 Å². The molecule has 0 radical (unpaired) electrons. The van der Waals surface area contributed by atoms with Gasteiger partial charge in [0.15, 0.2) is 5.82 Å². The van der Waals surface area contributed by atoms with E-state index in [-0.39, 0.29) is 0 Å². The zero-order valence-corrected chi connectivity index (χ0v) is 17.0. The second-order valence-corrected chi connectivity index (χ2v) is 7.56. The number of nitrogens with zero attached hydrogens (tertiary/aromatic N) is 7. The van der Waals surface area contributed by atoms with Crippen molar-refractivity contribution in [2.75, 3.05) is 67.1 Å². The molecule has 8 heteroatoms. The maximum Gasteiger partial charge on any atom is 0.225 e. The van der Waals surface area contributed by atoms with Crippen molar-refractivity contribution >= 4 is 17.5 Å². The predicted octanol–water partition coefficient (Wildman–Crippen LogP) is 1.67. The van der Waals surface area contributed by atoms with Crippen molar-refractivity contribution in [3.8, 4) is 11.3 Å². The van der Waals surface area contributed by atoms with Gasteiger partial charge in [0, 0.05) is 76.4 Å². The molecule has 0 saturated carbocycles. The molecule has 0 atom stereocenters. The van der Waals surface area contributed by atoms with Gasteiger partial charge >= 0.3 is 0 Å². The maximum atomic E-state index is 4.68. The number of rotatable bonds is 4. The molecular formula is C22H26N8. The van der Waals surface area contributed by atoms with Crippen LogP contribution in [0.2, 0.25) is 0 Å². The number of piperazine rings is 2. The van der Waals surface area contributed by atoms with Crippen molar-refractivity contribution in [2.24, 2.45) is 0 Å². The maximum absolute atomic E-state index is 4.68. The molecule has 1 N–H and O–H groups in total. The largest absolute Gasteiger partial charge is 0.367 e. The Hall–Kier alpha value is -3.26. The summed E-state index contributed by atoms with van der Waals surface area (Å²) in [6.45, 7) is 7.42. The van der Waals surface area contributed by atoms with E-state index in [1.54, 1.807) is 12.4 Å². The zero-order valence-electron chi connectivity index (χ0n) is 17.0. The summed E-state index contributed by atoms with van der Waals surface area (Å²) >= 11 is 0. The second kappa shape index (κ2) is 8.62. The van der Waals surface area contributed by atoms with Gasteiger partial charge in [-0.25, -0.2) is 9.97 Å². The molecule has 2 fully saturated rings. The molecule has 4 heterocycles. The highest BCUT2D eigenvalue weighted by atomic mass is 15.4. The number of hydrogen-bond acceptors (Lipinski definition) is 8. The van der Waals surface area contributed by atoms with E-state index < -0.39 is 0 Å². The normalized spacial score (nSPS) is 17.3. The Morgan fingerprint density at radius 3 is 2.13 bits per heavy atom. The van der Waals surface area contributed by atoms with E-state index in [1.165, 1.54) is 5.69 Å². The predicted molar refractivity (Wildman–Crippen MR) is 119 cm³/mol. The molecule has 2 aliphatic heterocycles. The summed E-state index contributed by atoms with van der Waals surface area (Å²) in [6.07, 6.45) is 3.59. The molecule has 154 valence electrons. The van der Waals surface area contributed by atoms with Crippen LogP contribution in [-0.2, 0) is 0 Å². The standard InChI is InChI=1S/C22H26N8/c1-2-5-18(6-3-1)21-19(28-11-9-23-10-12-28)17-20(26-27-21)29-13-15-30(16-14-29)22-24-7-4-8-25-22/h1-8,17,23H,9-16H2. The SMILES string of the molecule is c1ccc(-c2nnc(N3CCN(c4ncccn4)CC3)cc2N2CCNCC2)cc1. The third-order valence-corrected chi connectivity index (χ3v) is 5.70. The molecule has 30 heavy (non-hydrogen) atoms. The first kappa shape index (κ1) is 18.7. The van der Waals surface area contributed by atoms with Crippen molar-refractivity contribution in [1.82, 2.24) is 25.5 Å². The summed E-state index contributed by atoms with van der Waals surface area (Å²) in [4.78, 5) is 15.7. The Bertz CT molecular complexity index is 951. The van der Waals surface area contributed by atoms with Gasteiger partial charge in [0.25, 0.3) is 0 Å². The Morgan fingerprint density at radius 1 is 0.700 bits per heavy atom. The van der Waals surface area contributed by atoms with Crippen molar-refractivity contribution in [1.29, 1.82) is 0 Å². The fourth-order valence-corrected chi connectivity index (χ4v) is 4.07. The van der Waals surface area contributed by atoms with E-state index in [0.29, 0.717) is 0 Å². The molecule has 5 rings (SSSR count). The quantitative estimate of drug-likeness (QED) is 0.707. The first-order valence-electron chi connectivity index (χ1n) is 10.5. The number of benzene rings is 1. The minimum Gasteiger partial charge on any atom is -0.367 e. The van der Waals surface area contributed by atoms with E-state index in [9.17, 15) is 0 Å². The van der Waals surface area contributed by atoms with Gasteiger partial charge in [-0.15, -0.1) is 10.2 Å². The summed E-state index contributed by atoms with van der Waals surface area (Å²) in [5.74, 6) is 1.74. The minimum absolute atomic E-state index is 0.796. The van der Waals surface area contributed by atoms with Gasteiger partial charge < -0.3 is 20.0 Å². The molecular weight excluding hydrogens is 376 g/mol. The minimum atomic E-state index is 0.796. The second-order valence-electron chi connectivity index (χ2n) is 7.56. The van der Waals surface area contributed by atoms with Crippen molar-refractivity contribution in [3.05, 3.63) is 54.9 Å². The van der Waals surface area contributed by atoms with E-state index in [2.05, 4.69) is 70.5 Å². The van der Waals surface area contributed by atoms with E-state index >= 15 is 0 Å². The van der Waals surface area contributed by atoms with Crippen LogP contribution in [0.1, 0.15) is 0 Å². The zero-order chi connectivity index (χ0) is 20.2. The molecule has 2 aliphatic rings. The molecule has 0 unspecified atom stereocenters. The number of aromatic nitrogens is 4. The van der Waals surface area contributed by atoms with Crippen molar-refractivity contribution in [3.63, 3.8) is 0 Å². The lowest BCUT2D eigenvalue weighted by Crippen LogP contribution is -2.47. The van der Waals surface area contributed by atoms with Gasteiger partial charge in [-0.3, -0.25) is 0 Å². The summed E-state index contributed by atoms with van der Waals surface area (Å²) in [5, 5.41) is 12.7. The van der Waals surface area contributed by atoms with Gasteiger partial charge in [0.1, 0.15) is 5.69 Å². The molecule has 8 nitrogen and oxygen atoms in total. The van der Waals surface area contributed by atoms with Crippen LogP contribution >= 0.6 is 0 Å². The Balaban J connectivity index is 1.39. The Labute approximate surface area is 176 Å². The van der Waals surface area contributed by atoms with Crippen LogP contribution in [-0.4, -0.2) is 72.5 Å². The summed E-state index contributed by atoms with van der Waals surface area (Å²) < 4.78 is 0. The Morgan fingerprint density at radius 2 is 1.40 bits per heavy atom. The summed E-state index contributed by atoms with van der Waals surface area (Å²) in [6, 6.07) is 14.4. The van der Waals surface area contributed by atoms with Gasteiger partial charge in [-0.05, 0) is 6.07 Å². The van der Waals surface area contributed by atoms with Crippen LogP contribution in [0, 0.1) is 0 Å². The number of hydrogen-bond donors (Lipinski definition) is 1. The van der Waals surface area contributed by atoms with Crippen molar-refractivity contribution in [2.45, 2.75) is 0 Å². The monoisotopic (exact) mass is 402 g/mol. The molecule has 2 aromatic heterocycles. The topological polar surface area (TPSA) is 73.3 Å². The highest BCUT2D eigenvalue weighted by Crippen LogP contribution is 2.31. The van der Waals surface area contributed by atoms with Gasteiger partial charge in [0.05, 0.1) is 5.69 Å². The third kappa shape index (κ3) is 3.91. The molecule has 2 saturated heterocycles. The van der Waals surface area contributed by atoms with Crippen molar-refractivity contribution < 1.29 is 0 Å². The first-order valence-corrected chi connectivity index (χ1v) is 10.5. The molecule has 0 aliphatic carbocycles. The summed E-state index contributed by atoms with van der Waals surface area (Å²) in [5.41, 5.74) is 3.23. The van der Waals surface area contributed by atoms with Crippen LogP contribution in [0.25, 0.3) is 11.3 Å². The average molecular weight is 403 g/mol. The first-order chi connectivity index (χ1) is 14.9. The smallest absolute Gasteiger partial charge is 0.225 e. The van der Waals surface area contributed by atoms with Gasteiger partial charge in [0.2, 0.25) is 5.95 Å². The molecule has 1 aromatic carbocycles. The highest BCUT2D eigenvalue weighted by Gasteiger charge is 2.23. The van der Waals surface area contributed by atoms with Crippen LogP contribution in [0.4, 0.5) is 17.5 Å². The fourth-order valence-electron chi connectivity index (χ4n) is 4.07. The van der Waals surface area contributed by atoms with Gasteiger partial charge in [-0.2, -0.15) is 0 Å². The fraction of sp³-hybridized carbons (Fsp3) is 0.364. The van der Waals surface area contributed by atoms with Crippen LogP contribution < -0.4 is 20.0 Å². The van der Waals surface area contributed by atoms with Crippen LogP contribution in [0.5, 0.6) is 0 Å². The average Bonchev–Trinajstić information content (AvgIpc) is 2.85. The summed E-state index contributed by atoms with van der Waals surface area (Å²) in [7, 11) is 0. The number of anilines is 3. The lowest BCUT2D eigenvalue weighted by molar-refractivity contribution is 0.588. The van der Waals surface area contributed by atoms with E-state index in [0.717, 1.165) is 75.4 Å². The highest BCUT2D eigenvalue weighted by molar-refractivity contribution is 5.77.